The number of alkyl halides is 2. The van der Waals surface area contributed by atoms with Gasteiger partial charge < -0.3 is 14.8 Å². The molecule has 0 aromatic heterocycles. The first-order chi connectivity index (χ1) is 10.7. The van der Waals surface area contributed by atoms with Gasteiger partial charge in [0.1, 0.15) is 26.6 Å². The van der Waals surface area contributed by atoms with E-state index in [0.29, 0.717) is 19.4 Å². The van der Waals surface area contributed by atoms with Gasteiger partial charge >= 0.3 is 12.1 Å². The van der Waals surface area contributed by atoms with Gasteiger partial charge in [-0.2, -0.15) is 0 Å². The van der Waals surface area contributed by atoms with E-state index in [4.69, 9.17) is 4.74 Å². The summed E-state index contributed by atoms with van der Waals surface area (Å²) in [6.45, 7) is 4.52. The Labute approximate surface area is 136 Å². The van der Waals surface area contributed by atoms with E-state index in [1.807, 2.05) is 6.92 Å². The van der Waals surface area contributed by atoms with Crippen molar-refractivity contribution in [1.29, 1.82) is 0 Å². The standard InChI is InChI=1S/C16H27F2NO4/c1-15(2)8-12(13(20)22-6-4-17)9-16(3,10-15)11-19-14(21)23-7-5-18/h12H,4-11H2,1-3H3,(H,19,21). The van der Waals surface area contributed by atoms with E-state index in [1.54, 1.807) is 0 Å². The van der Waals surface area contributed by atoms with Crippen molar-refractivity contribution in [2.24, 2.45) is 16.7 Å². The van der Waals surface area contributed by atoms with E-state index in [-0.39, 0.29) is 35.9 Å². The number of nitrogens with one attached hydrogen (secondary N) is 1. The fourth-order valence-electron chi connectivity index (χ4n) is 3.66. The highest BCUT2D eigenvalue weighted by Gasteiger charge is 2.44. The minimum Gasteiger partial charge on any atom is -0.463 e. The smallest absolute Gasteiger partial charge is 0.407 e. The predicted molar refractivity (Wildman–Crippen MR) is 81.5 cm³/mol. The van der Waals surface area contributed by atoms with Crippen molar-refractivity contribution in [2.75, 3.05) is 33.1 Å². The molecular formula is C16H27F2NO4. The molecule has 1 aliphatic rings. The number of alkyl carbamates (subject to hydrolysis) is 1. The lowest BCUT2D eigenvalue weighted by molar-refractivity contribution is -0.153. The van der Waals surface area contributed by atoms with Crippen molar-refractivity contribution in [3.8, 4) is 0 Å². The van der Waals surface area contributed by atoms with Crippen LogP contribution in [0.3, 0.4) is 0 Å². The van der Waals surface area contributed by atoms with Crippen molar-refractivity contribution in [2.45, 2.75) is 40.0 Å². The average Bonchev–Trinajstić information content (AvgIpc) is 2.46. The molecule has 0 saturated heterocycles. The molecule has 5 nitrogen and oxygen atoms in total. The molecule has 0 aromatic carbocycles. The summed E-state index contributed by atoms with van der Waals surface area (Å²) in [5, 5.41) is 2.63. The number of hydrogen-bond donors (Lipinski definition) is 1. The molecule has 0 aliphatic heterocycles. The lowest BCUT2D eigenvalue weighted by Crippen LogP contribution is -2.45. The van der Waals surface area contributed by atoms with Gasteiger partial charge in [0.2, 0.25) is 0 Å². The Morgan fingerprint density at radius 1 is 1.09 bits per heavy atom. The Morgan fingerprint density at radius 2 is 1.70 bits per heavy atom. The summed E-state index contributed by atoms with van der Waals surface area (Å²) in [7, 11) is 0. The van der Waals surface area contributed by atoms with Crippen LogP contribution in [0.4, 0.5) is 13.6 Å². The zero-order valence-corrected chi connectivity index (χ0v) is 14.1. The second-order valence-electron chi connectivity index (χ2n) is 7.29. The molecule has 134 valence electrons. The average molecular weight is 335 g/mol. The Hall–Kier alpha value is -1.40. The monoisotopic (exact) mass is 335 g/mol. The highest BCUT2D eigenvalue weighted by Crippen LogP contribution is 2.48. The van der Waals surface area contributed by atoms with E-state index in [2.05, 4.69) is 23.9 Å². The molecule has 2 atom stereocenters. The molecule has 1 aliphatic carbocycles. The van der Waals surface area contributed by atoms with E-state index < -0.39 is 19.4 Å². The van der Waals surface area contributed by atoms with E-state index >= 15 is 0 Å². The van der Waals surface area contributed by atoms with Gasteiger partial charge in [-0.05, 0) is 30.1 Å². The Bertz CT molecular complexity index is 417. The van der Waals surface area contributed by atoms with Crippen LogP contribution in [0.5, 0.6) is 0 Å². The number of carbonyl (C=O) groups excluding carboxylic acids is 2. The molecule has 1 N–H and O–H groups in total. The van der Waals surface area contributed by atoms with Crippen molar-refractivity contribution in [1.82, 2.24) is 5.32 Å². The summed E-state index contributed by atoms with van der Waals surface area (Å²) < 4.78 is 33.7. The number of ether oxygens (including phenoxy) is 2. The number of esters is 1. The molecule has 0 bridgehead atoms. The maximum absolute atomic E-state index is 12.2. The van der Waals surface area contributed by atoms with Crippen LogP contribution >= 0.6 is 0 Å². The number of halogens is 2. The number of carbonyl (C=O) groups is 2. The first-order valence-corrected chi connectivity index (χ1v) is 7.90. The minimum absolute atomic E-state index is 0.100. The molecule has 1 fully saturated rings. The van der Waals surface area contributed by atoms with Crippen molar-refractivity contribution in [3.05, 3.63) is 0 Å². The minimum atomic E-state index is -0.722. The van der Waals surface area contributed by atoms with Gasteiger partial charge in [0.25, 0.3) is 0 Å². The maximum Gasteiger partial charge on any atom is 0.407 e. The molecular weight excluding hydrogens is 308 g/mol. The van der Waals surface area contributed by atoms with Gasteiger partial charge in [-0.1, -0.05) is 20.8 Å². The van der Waals surface area contributed by atoms with E-state index in [9.17, 15) is 18.4 Å². The van der Waals surface area contributed by atoms with Crippen LogP contribution in [0.25, 0.3) is 0 Å². The summed E-state index contributed by atoms with van der Waals surface area (Å²) in [6, 6.07) is 0. The zero-order chi connectivity index (χ0) is 17.5. The van der Waals surface area contributed by atoms with Crippen molar-refractivity contribution in [3.63, 3.8) is 0 Å². The number of hydrogen-bond acceptors (Lipinski definition) is 4. The molecule has 1 rings (SSSR count). The summed E-state index contributed by atoms with van der Waals surface area (Å²) >= 11 is 0. The van der Waals surface area contributed by atoms with Gasteiger partial charge in [-0.25, -0.2) is 13.6 Å². The Morgan fingerprint density at radius 3 is 2.30 bits per heavy atom. The normalized spacial score (nSPS) is 26.4. The molecule has 0 aromatic rings. The molecule has 1 amide bonds. The van der Waals surface area contributed by atoms with Crippen LogP contribution < -0.4 is 5.32 Å². The quantitative estimate of drug-likeness (QED) is 0.726. The van der Waals surface area contributed by atoms with Gasteiger partial charge in [0.05, 0.1) is 5.92 Å². The first kappa shape index (κ1) is 19.6. The van der Waals surface area contributed by atoms with Gasteiger partial charge in [0.15, 0.2) is 0 Å². The summed E-state index contributed by atoms with van der Waals surface area (Å²) in [5.41, 5.74) is -0.410. The molecule has 2 unspecified atom stereocenters. The summed E-state index contributed by atoms with van der Waals surface area (Å²) in [5.74, 6) is -0.708. The highest BCUT2D eigenvalue weighted by atomic mass is 19.1. The van der Waals surface area contributed by atoms with E-state index in [1.165, 1.54) is 0 Å². The third kappa shape index (κ3) is 6.71. The fourth-order valence-corrected chi connectivity index (χ4v) is 3.66. The molecule has 7 heteroatoms. The maximum atomic E-state index is 12.2. The van der Waals surface area contributed by atoms with E-state index in [0.717, 1.165) is 6.42 Å². The third-order valence-electron chi connectivity index (χ3n) is 4.07. The van der Waals surface area contributed by atoms with Crippen molar-refractivity contribution >= 4 is 12.1 Å². The highest BCUT2D eigenvalue weighted by molar-refractivity contribution is 5.73. The second kappa shape index (κ2) is 8.45. The lowest BCUT2D eigenvalue weighted by atomic mass is 9.60. The molecule has 0 heterocycles. The molecule has 23 heavy (non-hydrogen) atoms. The van der Waals surface area contributed by atoms with Crippen LogP contribution in [0, 0.1) is 16.7 Å². The van der Waals surface area contributed by atoms with Gasteiger partial charge in [-0.15, -0.1) is 0 Å². The second-order valence-corrected chi connectivity index (χ2v) is 7.29. The topological polar surface area (TPSA) is 64.6 Å². The van der Waals surface area contributed by atoms with Crippen LogP contribution in [-0.4, -0.2) is 45.2 Å². The SMILES string of the molecule is CC1(C)CC(C(=O)OCCF)CC(C)(CNC(=O)OCCF)C1. The largest absolute Gasteiger partial charge is 0.463 e. The Kier molecular flexibility index (Phi) is 7.22. The Balaban J connectivity index is 2.64. The number of rotatable bonds is 7. The van der Waals surface area contributed by atoms with Crippen LogP contribution in [0.15, 0.2) is 0 Å². The van der Waals surface area contributed by atoms with Crippen LogP contribution in [0.1, 0.15) is 40.0 Å². The van der Waals surface area contributed by atoms with Gasteiger partial charge in [0, 0.05) is 6.54 Å². The van der Waals surface area contributed by atoms with Crippen LogP contribution in [0.2, 0.25) is 0 Å². The molecule has 0 spiro atoms. The first-order valence-electron chi connectivity index (χ1n) is 7.90. The van der Waals surface area contributed by atoms with Crippen LogP contribution in [-0.2, 0) is 14.3 Å². The molecule has 1 saturated carbocycles. The third-order valence-corrected chi connectivity index (χ3v) is 4.07. The summed E-state index contributed by atoms with van der Waals surface area (Å²) in [4.78, 5) is 23.5. The zero-order valence-electron chi connectivity index (χ0n) is 14.1. The predicted octanol–water partition coefficient (Wildman–Crippen LogP) is 3.03. The fraction of sp³-hybridized carbons (Fsp3) is 0.875. The number of amides is 1. The van der Waals surface area contributed by atoms with Crippen molar-refractivity contribution < 1.29 is 27.8 Å². The summed E-state index contributed by atoms with van der Waals surface area (Å²) in [6.07, 6.45) is 1.37. The van der Waals surface area contributed by atoms with Gasteiger partial charge in [-0.3, -0.25) is 4.79 Å². The molecule has 0 radical (unpaired) electrons. The lowest BCUT2D eigenvalue weighted by Gasteiger charge is -2.45.